The quantitative estimate of drug-likeness (QED) is 0.920. The first-order chi connectivity index (χ1) is 9.03. The smallest absolute Gasteiger partial charge is 0.138 e. The van der Waals surface area contributed by atoms with Gasteiger partial charge in [-0.2, -0.15) is 5.10 Å². The minimum absolute atomic E-state index is 0.453. The van der Waals surface area contributed by atoms with Crippen LogP contribution in [0.25, 0.3) is 0 Å². The van der Waals surface area contributed by atoms with Gasteiger partial charge in [-0.3, -0.25) is 0 Å². The van der Waals surface area contributed by atoms with E-state index in [2.05, 4.69) is 32.9 Å². The van der Waals surface area contributed by atoms with Gasteiger partial charge in [-0.15, -0.1) is 0 Å². The molecule has 19 heavy (non-hydrogen) atoms. The molecule has 0 radical (unpaired) electrons. The molecule has 2 rings (SSSR count). The molecule has 1 aromatic heterocycles. The summed E-state index contributed by atoms with van der Waals surface area (Å²) in [5.41, 5.74) is -0.0686. The number of aliphatic hydroxyl groups is 1. The lowest BCUT2D eigenvalue weighted by Crippen LogP contribution is -2.26. The first kappa shape index (κ1) is 14.2. The average Bonchev–Trinajstić information content (AvgIpc) is 2.77. The van der Waals surface area contributed by atoms with E-state index < -0.39 is 5.60 Å². The zero-order chi connectivity index (χ0) is 13.9. The molecule has 2 aromatic rings. The van der Waals surface area contributed by atoms with Gasteiger partial charge in [0.15, 0.2) is 0 Å². The van der Waals surface area contributed by atoms with Crippen LogP contribution in [0.5, 0.6) is 0 Å². The Bertz CT molecular complexity index is 534. The predicted molar refractivity (Wildman–Crippen MR) is 77.7 cm³/mol. The van der Waals surface area contributed by atoms with Crippen LogP contribution in [-0.4, -0.2) is 19.9 Å². The van der Waals surface area contributed by atoms with Crippen LogP contribution in [0.3, 0.4) is 0 Å². The third-order valence-corrected chi connectivity index (χ3v) is 3.63. The van der Waals surface area contributed by atoms with Crippen LogP contribution in [0.15, 0.2) is 35.1 Å². The molecule has 0 saturated heterocycles. The fourth-order valence-corrected chi connectivity index (χ4v) is 2.31. The van der Waals surface area contributed by atoms with Crippen molar-refractivity contribution in [3.8, 4) is 0 Å². The first-order valence-corrected chi connectivity index (χ1v) is 7.17. The van der Waals surface area contributed by atoms with Crippen molar-refractivity contribution in [3.05, 3.63) is 46.5 Å². The molecule has 0 bridgehead atoms. The lowest BCUT2D eigenvalue weighted by Gasteiger charge is -2.23. The van der Waals surface area contributed by atoms with E-state index in [-0.39, 0.29) is 0 Å². The van der Waals surface area contributed by atoms with Crippen molar-refractivity contribution >= 4 is 15.9 Å². The highest BCUT2D eigenvalue weighted by Crippen LogP contribution is 2.25. The van der Waals surface area contributed by atoms with Gasteiger partial charge >= 0.3 is 0 Å². The lowest BCUT2D eigenvalue weighted by molar-refractivity contribution is 0.0542. The van der Waals surface area contributed by atoms with Crippen molar-refractivity contribution in [1.82, 2.24) is 14.8 Å². The normalized spacial score (nSPS) is 14.3. The van der Waals surface area contributed by atoms with Crippen LogP contribution < -0.4 is 0 Å². The third kappa shape index (κ3) is 3.42. The van der Waals surface area contributed by atoms with Crippen LogP contribution in [-0.2, 0) is 18.6 Å². The Morgan fingerprint density at radius 2 is 2.00 bits per heavy atom. The minimum atomic E-state index is -0.945. The van der Waals surface area contributed by atoms with Gasteiger partial charge in [-0.1, -0.05) is 35.0 Å². The summed E-state index contributed by atoms with van der Waals surface area (Å²) in [6.07, 6.45) is 2.99. The third-order valence-electron chi connectivity index (χ3n) is 3.10. The largest absolute Gasteiger partial charge is 0.385 e. The highest BCUT2D eigenvalue weighted by Gasteiger charge is 2.26. The summed E-state index contributed by atoms with van der Waals surface area (Å²) in [6.45, 7) is 4.73. The molecule has 1 heterocycles. The van der Waals surface area contributed by atoms with Gasteiger partial charge in [-0.05, 0) is 31.0 Å². The van der Waals surface area contributed by atoms with Crippen LogP contribution >= 0.6 is 15.9 Å². The van der Waals surface area contributed by atoms with Crippen LogP contribution in [0.4, 0.5) is 0 Å². The summed E-state index contributed by atoms with van der Waals surface area (Å²) in [5, 5.41) is 14.8. The van der Waals surface area contributed by atoms with Gasteiger partial charge in [-0.25, -0.2) is 9.67 Å². The van der Waals surface area contributed by atoms with E-state index in [1.807, 2.05) is 28.9 Å². The molecule has 0 aliphatic heterocycles. The molecule has 0 saturated carbocycles. The Labute approximate surface area is 121 Å². The number of rotatable bonds is 5. The molecular formula is C14H18BrN3O. The zero-order valence-corrected chi connectivity index (χ0v) is 12.8. The second-order valence-electron chi connectivity index (χ2n) is 4.86. The summed E-state index contributed by atoms with van der Waals surface area (Å²) in [5.74, 6) is 0.815. The molecule has 5 heteroatoms. The van der Waals surface area contributed by atoms with E-state index in [1.165, 1.54) is 0 Å². The Kier molecular flexibility index (Phi) is 4.37. The lowest BCUT2D eigenvalue weighted by atomic mass is 9.92. The maximum absolute atomic E-state index is 10.6. The Morgan fingerprint density at radius 1 is 1.32 bits per heavy atom. The molecule has 0 amide bonds. The average molecular weight is 324 g/mol. The maximum atomic E-state index is 10.6. The van der Waals surface area contributed by atoms with Crippen LogP contribution in [0.1, 0.15) is 31.7 Å². The number of halogens is 1. The standard InChI is InChI=1S/C14H18BrN3O/c1-3-8-18-13(16-10-17-18)9-14(2,19)11-4-6-12(15)7-5-11/h4-7,10,19H,3,8-9H2,1-2H3. The van der Waals surface area contributed by atoms with Crippen LogP contribution in [0.2, 0.25) is 0 Å². The zero-order valence-electron chi connectivity index (χ0n) is 11.2. The molecular weight excluding hydrogens is 306 g/mol. The minimum Gasteiger partial charge on any atom is -0.385 e. The van der Waals surface area contributed by atoms with E-state index in [0.717, 1.165) is 28.8 Å². The fourth-order valence-electron chi connectivity index (χ4n) is 2.04. The maximum Gasteiger partial charge on any atom is 0.138 e. The molecule has 4 nitrogen and oxygen atoms in total. The van der Waals surface area contributed by atoms with E-state index in [9.17, 15) is 5.11 Å². The Balaban J connectivity index is 2.20. The highest BCUT2D eigenvalue weighted by atomic mass is 79.9. The first-order valence-electron chi connectivity index (χ1n) is 6.38. The van der Waals surface area contributed by atoms with E-state index in [4.69, 9.17) is 0 Å². The molecule has 1 atom stereocenters. The van der Waals surface area contributed by atoms with Crippen LogP contribution in [0, 0.1) is 0 Å². The number of hydrogen-bond donors (Lipinski definition) is 1. The second kappa shape index (κ2) is 5.84. The summed E-state index contributed by atoms with van der Waals surface area (Å²) in [4.78, 5) is 4.25. The van der Waals surface area contributed by atoms with Crippen molar-refractivity contribution in [2.75, 3.05) is 0 Å². The number of hydrogen-bond acceptors (Lipinski definition) is 3. The fraction of sp³-hybridized carbons (Fsp3) is 0.429. The molecule has 102 valence electrons. The van der Waals surface area contributed by atoms with E-state index in [0.29, 0.717) is 6.42 Å². The summed E-state index contributed by atoms with van der Waals surface area (Å²) >= 11 is 3.40. The Morgan fingerprint density at radius 3 is 2.63 bits per heavy atom. The molecule has 1 aromatic carbocycles. The summed E-state index contributed by atoms with van der Waals surface area (Å²) < 4.78 is 2.86. The summed E-state index contributed by atoms with van der Waals surface area (Å²) in [6, 6.07) is 7.70. The number of aromatic nitrogens is 3. The number of nitrogens with zero attached hydrogens (tertiary/aromatic N) is 3. The van der Waals surface area contributed by atoms with Gasteiger partial charge in [0.2, 0.25) is 0 Å². The molecule has 0 aliphatic carbocycles. The molecule has 0 spiro atoms. The topological polar surface area (TPSA) is 50.9 Å². The van der Waals surface area contributed by atoms with E-state index >= 15 is 0 Å². The van der Waals surface area contributed by atoms with Gasteiger partial charge in [0.1, 0.15) is 12.2 Å². The molecule has 1 N–H and O–H groups in total. The van der Waals surface area contributed by atoms with Crippen molar-refractivity contribution in [3.63, 3.8) is 0 Å². The SMILES string of the molecule is CCCn1ncnc1CC(C)(O)c1ccc(Br)cc1. The number of benzene rings is 1. The van der Waals surface area contributed by atoms with Gasteiger partial charge in [0.05, 0.1) is 5.60 Å². The van der Waals surface area contributed by atoms with Crippen molar-refractivity contribution in [1.29, 1.82) is 0 Å². The van der Waals surface area contributed by atoms with E-state index in [1.54, 1.807) is 13.3 Å². The monoisotopic (exact) mass is 323 g/mol. The highest BCUT2D eigenvalue weighted by molar-refractivity contribution is 9.10. The Hall–Kier alpha value is -1.20. The van der Waals surface area contributed by atoms with Gasteiger partial charge in [0.25, 0.3) is 0 Å². The second-order valence-corrected chi connectivity index (χ2v) is 5.77. The molecule has 0 fully saturated rings. The molecule has 0 aliphatic rings. The van der Waals surface area contributed by atoms with Crippen molar-refractivity contribution in [2.45, 2.75) is 38.8 Å². The number of aryl methyl sites for hydroxylation is 1. The van der Waals surface area contributed by atoms with Gasteiger partial charge in [0, 0.05) is 17.4 Å². The predicted octanol–water partition coefficient (Wildman–Crippen LogP) is 2.90. The van der Waals surface area contributed by atoms with Crippen molar-refractivity contribution in [2.24, 2.45) is 0 Å². The summed E-state index contributed by atoms with van der Waals surface area (Å²) in [7, 11) is 0. The van der Waals surface area contributed by atoms with Gasteiger partial charge < -0.3 is 5.11 Å². The van der Waals surface area contributed by atoms with Crippen molar-refractivity contribution < 1.29 is 5.11 Å². The molecule has 1 unspecified atom stereocenters.